The molecule has 0 saturated carbocycles. The third-order valence-corrected chi connectivity index (χ3v) is 3.34. The largest absolute Gasteiger partial charge is 0.534 e. The molecule has 0 aliphatic heterocycles. The smallest absolute Gasteiger partial charge is 0.355 e. The van der Waals surface area contributed by atoms with Gasteiger partial charge in [0.25, 0.3) is 0 Å². The number of pyridine rings is 1. The first-order valence-corrected chi connectivity index (χ1v) is 6.49. The molecule has 1 aromatic heterocycles. The van der Waals surface area contributed by atoms with Gasteiger partial charge in [0.05, 0.1) is 5.52 Å². The molecule has 102 valence electrons. The van der Waals surface area contributed by atoms with E-state index in [1.54, 1.807) is 31.2 Å². The van der Waals surface area contributed by atoms with E-state index in [9.17, 15) is 21.6 Å². The number of benzene rings is 1. The van der Waals surface area contributed by atoms with Gasteiger partial charge in [-0.15, -0.1) is 0 Å². The SMILES string of the molecule is Cc1cc(OS(=O)(=O)C(F)(F)F)nc2ccccc12. The van der Waals surface area contributed by atoms with Crippen molar-refractivity contribution in [1.82, 2.24) is 4.98 Å². The highest BCUT2D eigenvalue weighted by molar-refractivity contribution is 7.87. The Morgan fingerprint density at radius 3 is 2.47 bits per heavy atom. The van der Waals surface area contributed by atoms with Gasteiger partial charge in [-0.1, -0.05) is 18.2 Å². The minimum atomic E-state index is -5.70. The number of nitrogens with zero attached hydrogens (tertiary/aromatic N) is 1. The predicted molar refractivity (Wildman–Crippen MR) is 62.1 cm³/mol. The monoisotopic (exact) mass is 291 g/mol. The third-order valence-electron chi connectivity index (χ3n) is 2.38. The minimum Gasteiger partial charge on any atom is -0.355 e. The van der Waals surface area contributed by atoms with Gasteiger partial charge < -0.3 is 4.18 Å². The Labute approximate surface area is 107 Å². The van der Waals surface area contributed by atoms with Gasteiger partial charge >= 0.3 is 15.6 Å². The van der Waals surface area contributed by atoms with E-state index < -0.39 is 21.5 Å². The van der Waals surface area contributed by atoms with E-state index in [0.717, 1.165) is 6.07 Å². The van der Waals surface area contributed by atoms with Gasteiger partial charge in [-0.25, -0.2) is 4.98 Å². The molecule has 0 N–H and O–H groups in total. The molecular formula is C11H8F3NO3S. The summed E-state index contributed by atoms with van der Waals surface area (Å²) in [5.41, 5.74) is -4.55. The minimum absolute atomic E-state index is 0.356. The quantitative estimate of drug-likeness (QED) is 0.630. The predicted octanol–water partition coefficient (Wildman–Crippen LogP) is 2.77. The lowest BCUT2D eigenvalue weighted by molar-refractivity contribution is -0.0501. The second kappa shape index (κ2) is 4.37. The molecule has 0 atom stereocenters. The van der Waals surface area contributed by atoms with Gasteiger partial charge in [0.15, 0.2) is 0 Å². The molecule has 0 amide bonds. The Morgan fingerprint density at radius 1 is 1.21 bits per heavy atom. The fourth-order valence-electron chi connectivity index (χ4n) is 1.52. The van der Waals surface area contributed by atoms with Crippen LogP contribution in [-0.4, -0.2) is 18.9 Å². The van der Waals surface area contributed by atoms with Gasteiger partial charge in [-0.3, -0.25) is 0 Å². The maximum absolute atomic E-state index is 12.2. The lowest BCUT2D eigenvalue weighted by atomic mass is 10.1. The highest BCUT2D eigenvalue weighted by Gasteiger charge is 2.48. The van der Waals surface area contributed by atoms with Crippen LogP contribution in [0.3, 0.4) is 0 Å². The summed E-state index contributed by atoms with van der Waals surface area (Å²) in [7, 11) is -5.70. The molecular weight excluding hydrogens is 283 g/mol. The topological polar surface area (TPSA) is 56.3 Å². The molecule has 2 rings (SSSR count). The molecule has 0 fully saturated rings. The summed E-state index contributed by atoms with van der Waals surface area (Å²) in [6.45, 7) is 1.62. The maximum Gasteiger partial charge on any atom is 0.534 e. The standard InChI is InChI=1S/C11H8F3NO3S/c1-7-6-10(18-19(16,17)11(12,13)14)15-9-5-3-2-4-8(7)9/h2-6H,1H3. The number of hydrogen-bond acceptors (Lipinski definition) is 4. The van der Waals surface area contributed by atoms with Crippen LogP contribution < -0.4 is 4.18 Å². The molecule has 2 aromatic rings. The van der Waals surface area contributed by atoms with Crippen molar-refractivity contribution >= 4 is 21.0 Å². The van der Waals surface area contributed by atoms with Crippen molar-refractivity contribution in [3.05, 3.63) is 35.9 Å². The summed E-state index contributed by atoms with van der Waals surface area (Å²) in [6, 6.07) is 7.79. The lowest BCUT2D eigenvalue weighted by Crippen LogP contribution is -2.28. The molecule has 0 spiro atoms. The number of alkyl halides is 3. The van der Waals surface area contributed by atoms with Gasteiger partial charge in [-0.2, -0.15) is 21.6 Å². The fraction of sp³-hybridized carbons (Fsp3) is 0.182. The van der Waals surface area contributed by atoms with Crippen molar-refractivity contribution < 1.29 is 25.8 Å². The summed E-state index contributed by atoms with van der Waals surface area (Å²) in [4.78, 5) is 3.73. The summed E-state index contributed by atoms with van der Waals surface area (Å²) in [5, 5.41) is 0.708. The zero-order valence-electron chi connectivity index (χ0n) is 9.60. The number of aryl methyl sites for hydroxylation is 1. The molecule has 0 saturated heterocycles. The molecule has 8 heteroatoms. The molecule has 4 nitrogen and oxygen atoms in total. The molecule has 1 heterocycles. The van der Waals surface area contributed by atoms with Crippen molar-refractivity contribution in [2.75, 3.05) is 0 Å². The molecule has 1 aromatic carbocycles. The van der Waals surface area contributed by atoms with Crippen LogP contribution >= 0.6 is 0 Å². The number of aromatic nitrogens is 1. The highest BCUT2D eigenvalue weighted by atomic mass is 32.2. The van der Waals surface area contributed by atoms with Crippen LogP contribution in [0.5, 0.6) is 5.88 Å². The van der Waals surface area contributed by atoms with Crippen molar-refractivity contribution in [3.8, 4) is 5.88 Å². The van der Waals surface area contributed by atoms with Crippen LogP contribution in [0.2, 0.25) is 0 Å². The first-order valence-electron chi connectivity index (χ1n) is 5.08. The zero-order chi connectivity index (χ0) is 14.3. The normalized spacial score (nSPS) is 12.6. The van der Waals surface area contributed by atoms with Crippen LogP contribution in [0.25, 0.3) is 10.9 Å². The summed E-state index contributed by atoms with van der Waals surface area (Å²) in [5.74, 6) is -0.603. The number of fused-ring (bicyclic) bond motifs is 1. The molecule has 0 aliphatic carbocycles. The van der Waals surface area contributed by atoms with Crippen molar-refractivity contribution in [2.24, 2.45) is 0 Å². The van der Waals surface area contributed by atoms with Crippen molar-refractivity contribution in [1.29, 1.82) is 0 Å². The fourth-order valence-corrected chi connectivity index (χ4v) is 1.93. The third kappa shape index (κ3) is 2.62. The second-order valence-electron chi connectivity index (χ2n) is 3.78. The summed E-state index contributed by atoms with van der Waals surface area (Å²) >= 11 is 0. The van der Waals surface area contributed by atoms with E-state index in [0.29, 0.717) is 16.5 Å². The van der Waals surface area contributed by atoms with E-state index in [-0.39, 0.29) is 0 Å². The van der Waals surface area contributed by atoms with Crippen LogP contribution in [0.4, 0.5) is 13.2 Å². The van der Waals surface area contributed by atoms with E-state index in [1.807, 2.05) is 0 Å². The highest BCUT2D eigenvalue weighted by Crippen LogP contribution is 2.28. The second-order valence-corrected chi connectivity index (χ2v) is 5.32. The summed E-state index contributed by atoms with van der Waals surface area (Å²) < 4.78 is 62.3. The summed E-state index contributed by atoms with van der Waals surface area (Å²) in [6.07, 6.45) is 0. The van der Waals surface area contributed by atoms with Gasteiger partial charge in [-0.05, 0) is 18.6 Å². The van der Waals surface area contributed by atoms with Crippen LogP contribution in [0, 0.1) is 6.92 Å². The Kier molecular flexibility index (Phi) is 3.13. The first kappa shape index (κ1) is 13.6. The molecule has 0 radical (unpaired) electrons. The number of rotatable bonds is 2. The van der Waals surface area contributed by atoms with Crippen LogP contribution in [-0.2, 0) is 10.1 Å². The Morgan fingerprint density at radius 2 is 1.84 bits per heavy atom. The van der Waals surface area contributed by atoms with Crippen molar-refractivity contribution in [3.63, 3.8) is 0 Å². The number of para-hydroxylation sites is 1. The van der Waals surface area contributed by atoms with Crippen LogP contribution in [0.15, 0.2) is 30.3 Å². The van der Waals surface area contributed by atoms with Gasteiger partial charge in [0.2, 0.25) is 5.88 Å². The first-order chi connectivity index (χ1) is 8.71. The van der Waals surface area contributed by atoms with E-state index in [2.05, 4.69) is 9.17 Å². The Balaban J connectivity index is 2.48. The molecule has 0 unspecified atom stereocenters. The Bertz CT molecular complexity index is 726. The van der Waals surface area contributed by atoms with Crippen molar-refractivity contribution in [2.45, 2.75) is 12.4 Å². The van der Waals surface area contributed by atoms with E-state index in [4.69, 9.17) is 0 Å². The van der Waals surface area contributed by atoms with Gasteiger partial charge in [0, 0.05) is 11.5 Å². The average molecular weight is 291 g/mol. The van der Waals surface area contributed by atoms with Gasteiger partial charge in [0.1, 0.15) is 0 Å². The van der Waals surface area contributed by atoms with Crippen LogP contribution in [0.1, 0.15) is 5.56 Å². The maximum atomic E-state index is 12.2. The number of halogens is 3. The van der Waals surface area contributed by atoms with E-state index >= 15 is 0 Å². The average Bonchev–Trinajstić information content (AvgIpc) is 2.27. The Hall–Kier alpha value is -1.83. The molecule has 0 bridgehead atoms. The lowest BCUT2D eigenvalue weighted by Gasteiger charge is -2.10. The number of hydrogen-bond donors (Lipinski definition) is 0. The molecule has 0 aliphatic rings. The molecule has 19 heavy (non-hydrogen) atoms. The van der Waals surface area contributed by atoms with E-state index in [1.165, 1.54) is 0 Å². The zero-order valence-corrected chi connectivity index (χ0v) is 10.4.